The SMILES string of the molecule is C[C@@H](NC(=O)CSc1[nH+]c2ccccc2s1)[C@H](Cc1ccc(Cl)cc1)c1ccc(Cl)cc1. The molecule has 0 aliphatic carbocycles. The molecule has 4 aromatic rings. The fourth-order valence-electron chi connectivity index (χ4n) is 3.65. The zero-order valence-electron chi connectivity index (χ0n) is 17.5. The predicted molar refractivity (Wildman–Crippen MR) is 136 cm³/mol. The number of hydrogen-bond donors (Lipinski definition) is 1. The van der Waals surface area contributed by atoms with E-state index in [1.807, 2.05) is 66.7 Å². The van der Waals surface area contributed by atoms with Crippen molar-refractivity contribution in [2.45, 2.75) is 29.6 Å². The van der Waals surface area contributed by atoms with Crippen LogP contribution < -0.4 is 10.3 Å². The molecule has 3 nitrogen and oxygen atoms in total. The molecule has 0 bridgehead atoms. The smallest absolute Gasteiger partial charge is 0.297 e. The van der Waals surface area contributed by atoms with Crippen LogP contribution in [0.4, 0.5) is 0 Å². The van der Waals surface area contributed by atoms with Crippen LogP contribution in [-0.4, -0.2) is 17.7 Å². The Morgan fingerprint density at radius 1 is 1.00 bits per heavy atom. The van der Waals surface area contributed by atoms with Crippen molar-refractivity contribution >= 4 is 62.4 Å². The van der Waals surface area contributed by atoms with Gasteiger partial charge in [0.1, 0.15) is 4.70 Å². The van der Waals surface area contributed by atoms with E-state index in [2.05, 4.69) is 23.3 Å². The number of halogens is 2. The molecule has 2 N–H and O–H groups in total. The molecule has 0 aliphatic heterocycles. The number of hydrogen-bond acceptors (Lipinski definition) is 3. The Morgan fingerprint density at radius 2 is 1.66 bits per heavy atom. The minimum absolute atomic E-state index is 0.0171. The number of thiazole rings is 1. The highest BCUT2D eigenvalue weighted by molar-refractivity contribution is 8.01. The number of aromatic nitrogens is 1. The maximum atomic E-state index is 12.7. The van der Waals surface area contributed by atoms with Crippen LogP contribution >= 0.6 is 46.3 Å². The summed E-state index contributed by atoms with van der Waals surface area (Å²) in [6, 6.07) is 23.8. The standard InChI is InChI=1S/C25H22Cl2N2OS2/c1-16(28-24(30)15-31-25-29-22-4-2-3-5-23(22)32-25)21(18-8-12-20(27)13-9-18)14-17-6-10-19(26)11-7-17/h2-13,16,21H,14-15H2,1H3,(H,28,30)/p+1/t16-,21+/m1/s1. The summed E-state index contributed by atoms with van der Waals surface area (Å²) in [4.78, 5) is 16.1. The monoisotopic (exact) mass is 501 g/mol. The van der Waals surface area contributed by atoms with Crippen molar-refractivity contribution in [3.05, 3.63) is 94.0 Å². The second-order valence-corrected chi connectivity index (χ2v) is 10.8. The van der Waals surface area contributed by atoms with Crippen LogP contribution in [0.5, 0.6) is 0 Å². The molecule has 0 spiro atoms. The van der Waals surface area contributed by atoms with E-state index in [1.54, 1.807) is 11.3 Å². The average Bonchev–Trinajstić information content (AvgIpc) is 3.21. The summed E-state index contributed by atoms with van der Waals surface area (Å²) in [6.45, 7) is 2.06. The molecular weight excluding hydrogens is 479 g/mol. The molecule has 1 aromatic heterocycles. The lowest BCUT2D eigenvalue weighted by Gasteiger charge is -2.26. The van der Waals surface area contributed by atoms with Gasteiger partial charge in [-0.15, -0.1) is 0 Å². The van der Waals surface area contributed by atoms with E-state index in [1.165, 1.54) is 22.0 Å². The lowest BCUT2D eigenvalue weighted by molar-refractivity contribution is -0.385. The summed E-state index contributed by atoms with van der Waals surface area (Å²) in [5.74, 6) is 0.490. The van der Waals surface area contributed by atoms with Gasteiger partial charge < -0.3 is 5.32 Å². The molecule has 2 atom stereocenters. The molecule has 3 aromatic carbocycles. The summed E-state index contributed by atoms with van der Waals surface area (Å²) in [7, 11) is 0. The van der Waals surface area contributed by atoms with Gasteiger partial charge >= 0.3 is 0 Å². The van der Waals surface area contributed by atoms with Crippen molar-refractivity contribution < 1.29 is 9.78 Å². The molecule has 7 heteroatoms. The summed E-state index contributed by atoms with van der Waals surface area (Å²) < 4.78 is 2.22. The Hall–Kier alpha value is -2.05. The van der Waals surface area contributed by atoms with Gasteiger partial charge in [0.2, 0.25) is 11.4 Å². The molecule has 164 valence electrons. The third-order valence-corrected chi connectivity index (χ3v) is 8.06. The minimum Gasteiger partial charge on any atom is -0.352 e. The number of nitrogens with one attached hydrogen (secondary N) is 2. The van der Waals surface area contributed by atoms with Crippen LogP contribution in [0.25, 0.3) is 10.2 Å². The maximum absolute atomic E-state index is 12.7. The second kappa shape index (κ2) is 10.7. The van der Waals surface area contributed by atoms with Crippen LogP contribution in [0, 0.1) is 0 Å². The Balaban J connectivity index is 1.43. The molecule has 0 saturated heterocycles. The molecule has 0 radical (unpaired) electrons. The first-order chi connectivity index (χ1) is 15.5. The number of benzene rings is 3. The number of fused-ring (bicyclic) bond motifs is 1. The van der Waals surface area contributed by atoms with E-state index < -0.39 is 0 Å². The first-order valence-electron chi connectivity index (χ1n) is 10.3. The van der Waals surface area contributed by atoms with Crippen LogP contribution in [0.15, 0.2) is 77.1 Å². The number of H-pyrrole nitrogens is 1. The number of thioether (sulfide) groups is 1. The maximum Gasteiger partial charge on any atom is 0.297 e. The topological polar surface area (TPSA) is 43.2 Å². The van der Waals surface area contributed by atoms with E-state index in [0.29, 0.717) is 15.8 Å². The Kier molecular flexibility index (Phi) is 7.74. The number of para-hydroxylation sites is 1. The Labute approximate surface area is 206 Å². The molecule has 1 heterocycles. The van der Waals surface area contributed by atoms with E-state index in [0.717, 1.165) is 21.8 Å². The quantitative estimate of drug-likeness (QED) is 0.274. The fraction of sp³-hybridized carbons (Fsp3) is 0.200. The molecule has 32 heavy (non-hydrogen) atoms. The number of carbonyl (C=O) groups excluding carboxylic acids is 1. The van der Waals surface area contributed by atoms with Crippen LogP contribution in [0.3, 0.4) is 0 Å². The van der Waals surface area contributed by atoms with Gasteiger partial charge in [-0.25, -0.2) is 0 Å². The van der Waals surface area contributed by atoms with Gasteiger partial charge in [0.25, 0.3) is 4.34 Å². The highest BCUT2D eigenvalue weighted by Crippen LogP contribution is 2.28. The van der Waals surface area contributed by atoms with E-state index in [9.17, 15) is 4.79 Å². The number of aromatic amines is 1. The van der Waals surface area contributed by atoms with Crippen LogP contribution in [-0.2, 0) is 11.2 Å². The van der Waals surface area contributed by atoms with Crippen molar-refractivity contribution in [1.82, 2.24) is 5.32 Å². The van der Waals surface area contributed by atoms with E-state index >= 15 is 0 Å². The normalized spacial score (nSPS) is 13.1. The van der Waals surface area contributed by atoms with Crippen LogP contribution in [0.2, 0.25) is 10.0 Å². The van der Waals surface area contributed by atoms with Crippen molar-refractivity contribution in [2.75, 3.05) is 5.75 Å². The fourth-order valence-corrected chi connectivity index (χ4v) is 5.85. The average molecular weight is 503 g/mol. The van der Waals surface area contributed by atoms with Gasteiger partial charge in [0, 0.05) is 28.1 Å². The predicted octanol–water partition coefficient (Wildman–Crippen LogP) is 6.65. The summed E-state index contributed by atoms with van der Waals surface area (Å²) in [5.41, 5.74) is 3.41. The van der Waals surface area contributed by atoms with Gasteiger partial charge in [-0.05, 0) is 66.6 Å². The molecule has 1 amide bonds. The van der Waals surface area contributed by atoms with Gasteiger partial charge in [0.15, 0.2) is 0 Å². The summed E-state index contributed by atoms with van der Waals surface area (Å²) in [5, 5.41) is 4.62. The highest BCUT2D eigenvalue weighted by Gasteiger charge is 2.22. The summed E-state index contributed by atoms with van der Waals surface area (Å²) >= 11 is 15.3. The Morgan fingerprint density at radius 3 is 2.34 bits per heavy atom. The lowest BCUT2D eigenvalue weighted by atomic mass is 9.86. The number of carbonyl (C=O) groups is 1. The highest BCUT2D eigenvalue weighted by atomic mass is 35.5. The number of rotatable bonds is 8. The zero-order valence-corrected chi connectivity index (χ0v) is 20.6. The molecule has 0 aliphatic rings. The third-order valence-electron chi connectivity index (χ3n) is 5.32. The molecule has 0 saturated carbocycles. The van der Waals surface area contributed by atoms with Gasteiger partial charge in [-0.3, -0.25) is 4.79 Å². The lowest BCUT2D eigenvalue weighted by Crippen LogP contribution is -2.39. The zero-order chi connectivity index (χ0) is 22.5. The van der Waals surface area contributed by atoms with E-state index in [4.69, 9.17) is 23.2 Å². The van der Waals surface area contributed by atoms with Gasteiger partial charge in [-0.2, -0.15) is 4.98 Å². The number of amides is 1. The largest absolute Gasteiger partial charge is 0.352 e. The molecule has 0 fully saturated rings. The minimum atomic E-state index is -0.0497. The molecule has 0 unspecified atom stereocenters. The first kappa shape index (κ1) is 23.1. The van der Waals surface area contributed by atoms with Crippen LogP contribution in [0.1, 0.15) is 24.0 Å². The molecular formula is C25H23Cl2N2OS2+. The molecule has 4 rings (SSSR count). The first-order valence-corrected chi connectivity index (χ1v) is 12.9. The summed E-state index contributed by atoms with van der Waals surface area (Å²) in [6.07, 6.45) is 0.789. The second-order valence-electron chi connectivity index (χ2n) is 7.64. The van der Waals surface area contributed by atoms with Gasteiger partial charge in [-0.1, -0.05) is 70.9 Å². The van der Waals surface area contributed by atoms with Crippen molar-refractivity contribution in [2.24, 2.45) is 0 Å². The van der Waals surface area contributed by atoms with E-state index in [-0.39, 0.29) is 17.9 Å². The van der Waals surface area contributed by atoms with Crippen molar-refractivity contribution in [3.63, 3.8) is 0 Å². The van der Waals surface area contributed by atoms with Gasteiger partial charge in [0.05, 0.1) is 5.75 Å². The third kappa shape index (κ3) is 6.04. The van der Waals surface area contributed by atoms with Crippen molar-refractivity contribution in [3.8, 4) is 0 Å². The Bertz CT molecular complexity index is 1160. The van der Waals surface area contributed by atoms with Crippen molar-refractivity contribution in [1.29, 1.82) is 0 Å².